The molecule has 15 heteroatoms. The lowest BCUT2D eigenvalue weighted by Crippen LogP contribution is -2.41. The molecule has 0 bridgehead atoms. The molecule has 3 heterocycles. The molecular weight excluding hydrogens is 591 g/mol. The molecular formula is C28H34F3N5O6S. The molecule has 0 radical (unpaired) electrons. The summed E-state index contributed by atoms with van der Waals surface area (Å²) in [7, 11) is -3.02. The van der Waals surface area contributed by atoms with Crippen LogP contribution in [0.25, 0.3) is 0 Å². The molecule has 1 atom stereocenters. The number of carbonyl (C=O) groups is 2. The van der Waals surface area contributed by atoms with Gasteiger partial charge in [-0.2, -0.15) is 13.2 Å². The molecule has 1 aromatic heterocycles. The first-order chi connectivity index (χ1) is 20.3. The molecule has 1 saturated carbocycles. The molecule has 3 fully saturated rings. The molecule has 2 N–H and O–H groups in total. The van der Waals surface area contributed by atoms with Gasteiger partial charge in [0.05, 0.1) is 42.3 Å². The van der Waals surface area contributed by atoms with E-state index in [0.717, 1.165) is 44.9 Å². The molecule has 1 amide bonds. The van der Waals surface area contributed by atoms with E-state index in [2.05, 4.69) is 19.8 Å². The van der Waals surface area contributed by atoms with Gasteiger partial charge in [0, 0.05) is 26.2 Å². The molecule has 43 heavy (non-hydrogen) atoms. The Kier molecular flexibility index (Phi) is 8.49. The third-order valence-corrected chi connectivity index (χ3v) is 9.28. The van der Waals surface area contributed by atoms with E-state index in [1.807, 2.05) is 11.8 Å². The number of halogens is 3. The Morgan fingerprint density at radius 2 is 1.81 bits per heavy atom. The normalized spacial score (nSPS) is 20.1. The minimum absolute atomic E-state index is 0.0709. The summed E-state index contributed by atoms with van der Waals surface area (Å²) in [5.41, 5.74) is 0.0498. The number of ether oxygens (including phenoxy) is 2. The van der Waals surface area contributed by atoms with E-state index in [4.69, 9.17) is 4.74 Å². The molecule has 0 unspecified atom stereocenters. The van der Waals surface area contributed by atoms with Gasteiger partial charge in [-0.3, -0.25) is 14.3 Å². The van der Waals surface area contributed by atoms with Crippen LogP contribution in [0.2, 0.25) is 0 Å². The molecule has 5 rings (SSSR count). The molecule has 11 nitrogen and oxygen atoms in total. The van der Waals surface area contributed by atoms with Gasteiger partial charge in [-0.1, -0.05) is 0 Å². The quantitative estimate of drug-likeness (QED) is 0.420. The first-order valence-electron chi connectivity index (χ1n) is 14.0. The number of carbonyl (C=O) groups excluding carboxylic acids is 2. The van der Waals surface area contributed by atoms with Gasteiger partial charge >= 0.3 is 12.1 Å². The number of rotatable bonds is 8. The number of morpholine rings is 1. The van der Waals surface area contributed by atoms with Crippen molar-refractivity contribution in [2.75, 3.05) is 65.5 Å². The van der Waals surface area contributed by atoms with Crippen molar-refractivity contribution in [3.8, 4) is 0 Å². The number of esters is 1. The topological polar surface area (TPSA) is 130 Å². The van der Waals surface area contributed by atoms with Crippen LogP contribution >= 0.6 is 0 Å². The lowest BCUT2D eigenvalue weighted by molar-refractivity contribution is -0.138. The Bertz CT molecular complexity index is 1490. The fraction of sp³-hybridized carbons (Fsp3) is 0.536. The zero-order valence-corrected chi connectivity index (χ0v) is 24.7. The lowest BCUT2D eigenvalue weighted by atomic mass is 9.93. The van der Waals surface area contributed by atoms with Crippen molar-refractivity contribution < 1.29 is 40.7 Å². The first kappa shape index (κ1) is 30.9. The number of amides is 1. The third-order valence-electron chi connectivity index (χ3n) is 8.12. The zero-order chi connectivity index (χ0) is 31.0. The van der Waals surface area contributed by atoms with E-state index in [1.165, 1.54) is 18.2 Å². The number of hydrogen-bond acceptors (Lipinski definition) is 9. The third kappa shape index (κ3) is 7.50. The number of aromatic nitrogens is 1. The van der Waals surface area contributed by atoms with Gasteiger partial charge in [-0.05, 0) is 68.4 Å². The summed E-state index contributed by atoms with van der Waals surface area (Å²) in [5, 5.41) is 2.54. The maximum absolute atomic E-state index is 13.8. The van der Waals surface area contributed by atoms with Crippen molar-refractivity contribution in [3.05, 3.63) is 41.5 Å². The van der Waals surface area contributed by atoms with E-state index in [1.54, 1.807) is 4.90 Å². The first-order valence-corrected chi connectivity index (χ1v) is 15.6. The van der Waals surface area contributed by atoms with Crippen LogP contribution in [0, 0.1) is 5.41 Å². The Balaban J connectivity index is 1.45. The van der Waals surface area contributed by atoms with Crippen molar-refractivity contribution >= 4 is 44.9 Å². The number of alkyl halides is 3. The summed E-state index contributed by atoms with van der Waals surface area (Å²) in [5.74, 6) is -2.72. The van der Waals surface area contributed by atoms with Crippen LogP contribution in [0.4, 0.5) is 36.2 Å². The van der Waals surface area contributed by atoms with Gasteiger partial charge in [0.1, 0.15) is 11.6 Å². The fourth-order valence-corrected chi connectivity index (χ4v) is 6.48. The van der Waals surface area contributed by atoms with Crippen LogP contribution in [0.5, 0.6) is 0 Å². The number of piperidine rings is 1. The summed E-state index contributed by atoms with van der Waals surface area (Å²) in [6, 6.07) is 6.00. The molecule has 2 aromatic rings. The predicted octanol–water partition coefficient (Wildman–Crippen LogP) is 3.87. The largest absolute Gasteiger partial charge is 0.468 e. The highest BCUT2D eigenvalue weighted by molar-refractivity contribution is 7.93. The molecule has 1 aromatic carbocycles. The predicted molar refractivity (Wildman–Crippen MR) is 154 cm³/mol. The van der Waals surface area contributed by atoms with E-state index >= 15 is 0 Å². The molecule has 234 valence electrons. The summed E-state index contributed by atoms with van der Waals surface area (Å²) in [6.45, 7) is 4.08. The van der Waals surface area contributed by atoms with E-state index < -0.39 is 39.4 Å². The number of pyridine rings is 1. The van der Waals surface area contributed by atoms with Crippen molar-refractivity contribution in [2.24, 2.45) is 5.41 Å². The Morgan fingerprint density at radius 3 is 2.44 bits per heavy atom. The van der Waals surface area contributed by atoms with E-state index in [9.17, 15) is 31.2 Å². The Labute approximate surface area is 247 Å². The van der Waals surface area contributed by atoms with Gasteiger partial charge in [0.15, 0.2) is 5.75 Å². The van der Waals surface area contributed by atoms with E-state index in [0.29, 0.717) is 43.9 Å². The van der Waals surface area contributed by atoms with Crippen molar-refractivity contribution in [2.45, 2.75) is 44.9 Å². The monoisotopic (exact) mass is 625 g/mol. The SMILES string of the molecule is COC(=O)CS(=O)(=O)Nc1ccc(C(=O)Nc2cc(C(F)(F)F)cc(N3CCO[C@H](C)C3)n2)c(N2CCC3(CC2)CC3)c1. The molecule has 2 aliphatic heterocycles. The maximum atomic E-state index is 13.8. The second kappa shape index (κ2) is 11.8. The van der Waals surface area contributed by atoms with Crippen LogP contribution in [0.15, 0.2) is 30.3 Å². The Morgan fingerprint density at radius 1 is 1.09 bits per heavy atom. The number of sulfonamides is 1. The van der Waals surface area contributed by atoms with Crippen LogP contribution in [0.3, 0.4) is 0 Å². The molecule has 3 aliphatic rings. The van der Waals surface area contributed by atoms with Crippen molar-refractivity contribution in [3.63, 3.8) is 0 Å². The van der Waals surface area contributed by atoms with E-state index in [-0.39, 0.29) is 29.0 Å². The number of nitrogens with zero attached hydrogens (tertiary/aromatic N) is 3. The molecule has 1 spiro atoms. The van der Waals surface area contributed by atoms with Gasteiger partial charge in [0.25, 0.3) is 5.91 Å². The van der Waals surface area contributed by atoms with Gasteiger partial charge in [0.2, 0.25) is 10.0 Å². The summed E-state index contributed by atoms with van der Waals surface area (Å²) in [4.78, 5) is 33.1. The van der Waals surface area contributed by atoms with Crippen LogP contribution in [0.1, 0.15) is 48.5 Å². The van der Waals surface area contributed by atoms with Crippen LogP contribution < -0.4 is 19.8 Å². The van der Waals surface area contributed by atoms with Crippen molar-refractivity contribution in [1.82, 2.24) is 4.98 Å². The van der Waals surface area contributed by atoms with Crippen molar-refractivity contribution in [1.29, 1.82) is 0 Å². The minimum Gasteiger partial charge on any atom is -0.468 e. The average Bonchev–Trinajstić information content (AvgIpc) is 3.70. The van der Waals surface area contributed by atoms with Gasteiger partial charge in [-0.15, -0.1) is 0 Å². The highest BCUT2D eigenvalue weighted by Gasteiger charge is 2.44. The standard InChI is InChI=1S/C28H34F3N5O6S/c1-18-16-36(11-12-42-18)24-14-19(28(29,30)31)13-23(32-24)33-26(38)21-4-3-20(34-43(39,40)17-25(37)41-2)15-22(21)35-9-7-27(5-6-27)8-10-35/h3-4,13-15,18,34H,5-12,16-17H2,1-2H3,(H,32,33,38)/t18-/m1/s1. The summed E-state index contributed by atoms with van der Waals surface area (Å²) >= 11 is 0. The minimum atomic E-state index is -4.67. The summed E-state index contributed by atoms with van der Waals surface area (Å²) < 4.78 is 78.8. The highest BCUT2D eigenvalue weighted by atomic mass is 32.2. The van der Waals surface area contributed by atoms with Gasteiger partial charge < -0.3 is 24.6 Å². The highest BCUT2D eigenvalue weighted by Crippen LogP contribution is 2.54. The fourth-order valence-electron chi connectivity index (χ4n) is 5.49. The average molecular weight is 626 g/mol. The Hall–Kier alpha value is -3.59. The number of hydrogen-bond donors (Lipinski definition) is 2. The molecule has 2 saturated heterocycles. The smallest absolute Gasteiger partial charge is 0.416 e. The number of benzene rings is 1. The van der Waals surface area contributed by atoms with Crippen LogP contribution in [-0.4, -0.2) is 77.0 Å². The molecule has 1 aliphatic carbocycles. The van der Waals surface area contributed by atoms with Gasteiger partial charge in [-0.25, -0.2) is 13.4 Å². The van der Waals surface area contributed by atoms with Crippen LogP contribution in [-0.2, 0) is 30.5 Å². The second-order valence-corrected chi connectivity index (χ2v) is 13.1. The number of nitrogens with one attached hydrogen (secondary N) is 2. The lowest BCUT2D eigenvalue weighted by Gasteiger charge is -2.35. The number of anilines is 4. The zero-order valence-electron chi connectivity index (χ0n) is 23.9. The summed E-state index contributed by atoms with van der Waals surface area (Å²) in [6.07, 6.45) is -0.768. The second-order valence-electron chi connectivity index (χ2n) is 11.3. The maximum Gasteiger partial charge on any atom is 0.416 e. The number of methoxy groups -OCH3 is 1.